The Kier molecular flexibility index (Phi) is 3.63. The van der Waals surface area contributed by atoms with E-state index in [1.54, 1.807) is 0 Å². The van der Waals surface area contributed by atoms with E-state index >= 15 is 0 Å². The molecule has 5 nitrogen and oxygen atoms in total. The molecular formula is C15H18N4OS. The van der Waals surface area contributed by atoms with Crippen LogP contribution < -0.4 is 10.2 Å². The number of hydrogen-bond donors (Lipinski definition) is 1. The molecule has 21 heavy (non-hydrogen) atoms. The summed E-state index contributed by atoms with van der Waals surface area (Å²) in [6.45, 7) is 6.64. The molecule has 1 unspecified atom stereocenters. The van der Waals surface area contributed by atoms with Gasteiger partial charge in [0.15, 0.2) is 0 Å². The topological polar surface area (TPSA) is 58.1 Å². The number of fused-ring (bicyclic) bond motifs is 1. The standard InChI is InChI=1S/C15H18N4OS/c1-9(2)13-14(20)17-12-7-5-4-6-11(12)8-19(13)15-16-10(3)18-21-15/h4-7,9,13H,8H2,1-3H3,(H,17,20). The van der Waals surface area contributed by atoms with Crippen molar-refractivity contribution in [2.75, 3.05) is 10.2 Å². The maximum absolute atomic E-state index is 12.6. The Morgan fingerprint density at radius 1 is 1.38 bits per heavy atom. The molecule has 0 spiro atoms. The summed E-state index contributed by atoms with van der Waals surface area (Å²) in [7, 11) is 0. The van der Waals surface area contributed by atoms with Gasteiger partial charge in [-0.25, -0.2) is 4.98 Å². The lowest BCUT2D eigenvalue weighted by atomic mass is 10.0. The summed E-state index contributed by atoms with van der Waals surface area (Å²) in [5.74, 6) is 0.946. The summed E-state index contributed by atoms with van der Waals surface area (Å²) in [4.78, 5) is 19.1. The molecule has 110 valence electrons. The van der Waals surface area contributed by atoms with Crippen molar-refractivity contribution in [1.82, 2.24) is 9.36 Å². The molecule has 2 heterocycles. The minimum Gasteiger partial charge on any atom is -0.330 e. The number of para-hydroxylation sites is 1. The van der Waals surface area contributed by atoms with Crippen LogP contribution in [0.15, 0.2) is 24.3 Å². The number of aryl methyl sites for hydroxylation is 1. The molecule has 1 N–H and O–H groups in total. The SMILES string of the molecule is Cc1nsc(N2Cc3ccccc3NC(=O)C2C(C)C)n1. The van der Waals surface area contributed by atoms with Gasteiger partial charge in [-0.3, -0.25) is 4.79 Å². The molecule has 6 heteroatoms. The second-order valence-corrected chi connectivity index (χ2v) is 6.32. The van der Waals surface area contributed by atoms with E-state index in [0.717, 1.165) is 22.2 Å². The van der Waals surface area contributed by atoms with E-state index in [4.69, 9.17) is 0 Å². The lowest BCUT2D eigenvalue weighted by Gasteiger charge is -2.30. The molecule has 1 aromatic heterocycles. The van der Waals surface area contributed by atoms with E-state index in [1.165, 1.54) is 11.5 Å². The molecule has 0 aliphatic carbocycles. The second-order valence-electron chi connectivity index (χ2n) is 5.59. The van der Waals surface area contributed by atoms with Crippen molar-refractivity contribution in [3.63, 3.8) is 0 Å². The lowest BCUT2D eigenvalue weighted by molar-refractivity contribution is -0.118. The zero-order valence-corrected chi connectivity index (χ0v) is 13.1. The average molecular weight is 302 g/mol. The molecule has 3 rings (SSSR count). The number of nitrogens with one attached hydrogen (secondary N) is 1. The summed E-state index contributed by atoms with van der Waals surface area (Å²) in [6, 6.07) is 7.67. The monoisotopic (exact) mass is 302 g/mol. The molecule has 0 bridgehead atoms. The van der Waals surface area contributed by atoms with Crippen LogP contribution in [0.2, 0.25) is 0 Å². The Hall–Kier alpha value is -1.95. The van der Waals surface area contributed by atoms with Gasteiger partial charge < -0.3 is 10.2 Å². The van der Waals surface area contributed by atoms with Gasteiger partial charge in [0.1, 0.15) is 11.9 Å². The van der Waals surface area contributed by atoms with E-state index in [0.29, 0.717) is 6.54 Å². The lowest BCUT2D eigenvalue weighted by Crippen LogP contribution is -2.45. The zero-order valence-electron chi connectivity index (χ0n) is 12.3. The highest BCUT2D eigenvalue weighted by molar-refractivity contribution is 7.09. The zero-order chi connectivity index (χ0) is 15.0. The van der Waals surface area contributed by atoms with Crippen LogP contribution in [-0.2, 0) is 11.3 Å². The normalized spacial score (nSPS) is 18.4. The molecular weight excluding hydrogens is 284 g/mol. The maximum atomic E-state index is 12.6. The second kappa shape index (κ2) is 5.44. The number of amides is 1. The first-order chi connectivity index (χ1) is 10.1. The van der Waals surface area contributed by atoms with Crippen molar-refractivity contribution < 1.29 is 4.79 Å². The van der Waals surface area contributed by atoms with Crippen LogP contribution in [0.1, 0.15) is 25.2 Å². The average Bonchev–Trinajstić information content (AvgIpc) is 2.79. The number of carbonyl (C=O) groups is 1. The maximum Gasteiger partial charge on any atom is 0.247 e. The molecule has 1 aliphatic rings. The number of anilines is 2. The Labute approximate surface area is 128 Å². The Morgan fingerprint density at radius 3 is 2.81 bits per heavy atom. The molecule has 0 radical (unpaired) electrons. The van der Waals surface area contributed by atoms with Gasteiger partial charge in [-0.05, 0) is 24.5 Å². The fourth-order valence-corrected chi connectivity index (χ4v) is 3.37. The molecule has 1 amide bonds. The van der Waals surface area contributed by atoms with Gasteiger partial charge in [0.2, 0.25) is 11.0 Å². The summed E-state index contributed by atoms with van der Waals surface area (Å²) in [5.41, 5.74) is 1.98. The first kappa shape index (κ1) is 14.0. The predicted molar refractivity (Wildman–Crippen MR) is 84.5 cm³/mol. The third-order valence-corrected chi connectivity index (χ3v) is 4.46. The van der Waals surface area contributed by atoms with E-state index in [1.807, 2.05) is 31.2 Å². The van der Waals surface area contributed by atoms with Crippen LogP contribution in [0.25, 0.3) is 0 Å². The van der Waals surface area contributed by atoms with E-state index < -0.39 is 0 Å². The summed E-state index contributed by atoms with van der Waals surface area (Å²) < 4.78 is 4.25. The Morgan fingerprint density at radius 2 is 2.14 bits per heavy atom. The van der Waals surface area contributed by atoms with Gasteiger partial charge in [-0.15, -0.1) is 0 Å². The van der Waals surface area contributed by atoms with Crippen molar-refractivity contribution in [3.8, 4) is 0 Å². The number of aromatic nitrogens is 2. The number of carbonyl (C=O) groups excluding carboxylic acids is 1. The van der Waals surface area contributed by atoms with Crippen LogP contribution in [0.3, 0.4) is 0 Å². The van der Waals surface area contributed by atoms with Crippen LogP contribution in [-0.4, -0.2) is 21.3 Å². The first-order valence-corrected chi connectivity index (χ1v) is 7.79. The molecule has 0 fully saturated rings. The number of nitrogens with zero attached hydrogens (tertiary/aromatic N) is 3. The Balaban J connectivity index is 2.07. The molecule has 0 saturated heterocycles. The molecule has 1 atom stereocenters. The van der Waals surface area contributed by atoms with Crippen molar-refractivity contribution in [1.29, 1.82) is 0 Å². The van der Waals surface area contributed by atoms with Crippen LogP contribution in [0.5, 0.6) is 0 Å². The van der Waals surface area contributed by atoms with E-state index in [2.05, 4.69) is 33.4 Å². The van der Waals surface area contributed by atoms with Crippen molar-refractivity contribution in [2.24, 2.45) is 5.92 Å². The van der Waals surface area contributed by atoms with Gasteiger partial charge >= 0.3 is 0 Å². The Bertz CT molecular complexity index is 667. The van der Waals surface area contributed by atoms with E-state index in [-0.39, 0.29) is 17.9 Å². The number of hydrogen-bond acceptors (Lipinski definition) is 5. The van der Waals surface area contributed by atoms with Crippen LogP contribution >= 0.6 is 11.5 Å². The fraction of sp³-hybridized carbons (Fsp3) is 0.400. The largest absolute Gasteiger partial charge is 0.330 e. The minimum absolute atomic E-state index is 0.0165. The molecule has 1 aromatic carbocycles. The van der Waals surface area contributed by atoms with Gasteiger partial charge in [0.05, 0.1) is 0 Å². The van der Waals surface area contributed by atoms with Crippen molar-refractivity contribution in [2.45, 2.75) is 33.4 Å². The van der Waals surface area contributed by atoms with Gasteiger partial charge in [0.25, 0.3) is 0 Å². The fourth-order valence-electron chi connectivity index (χ4n) is 2.66. The smallest absolute Gasteiger partial charge is 0.247 e. The van der Waals surface area contributed by atoms with Crippen molar-refractivity contribution >= 4 is 28.3 Å². The number of benzene rings is 1. The van der Waals surface area contributed by atoms with E-state index in [9.17, 15) is 4.79 Å². The summed E-state index contributed by atoms with van der Waals surface area (Å²) in [5, 5.41) is 3.84. The predicted octanol–water partition coefficient (Wildman–Crippen LogP) is 2.83. The molecule has 1 aliphatic heterocycles. The summed E-state index contributed by atoms with van der Waals surface area (Å²) >= 11 is 1.35. The highest BCUT2D eigenvalue weighted by atomic mass is 32.1. The molecule has 2 aromatic rings. The highest BCUT2D eigenvalue weighted by Crippen LogP contribution is 2.31. The first-order valence-electron chi connectivity index (χ1n) is 7.02. The third-order valence-electron chi connectivity index (χ3n) is 3.61. The quantitative estimate of drug-likeness (QED) is 0.927. The van der Waals surface area contributed by atoms with Gasteiger partial charge in [-0.2, -0.15) is 4.37 Å². The van der Waals surface area contributed by atoms with Crippen LogP contribution in [0, 0.1) is 12.8 Å². The van der Waals surface area contributed by atoms with Gasteiger partial charge in [0, 0.05) is 23.8 Å². The summed E-state index contributed by atoms with van der Waals surface area (Å²) in [6.07, 6.45) is 0. The molecule has 0 saturated carbocycles. The van der Waals surface area contributed by atoms with Crippen molar-refractivity contribution in [3.05, 3.63) is 35.7 Å². The minimum atomic E-state index is -0.246. The third kappa shape index (κ3) is 2.63. The van der Waals surface area contributed by atoms with Gasteiger partial charge in [-0.1, -0.05) is 32.0 Å². The van der Waals surface area contributed by atoms with Crippen LogP contribution in [0.4, 0.5) is 10.8 Å². The number of rotatable bonds is 2. The highest BCUT2D eigenvalue weighted by Gasteiger charge is 2.34.